The Morgan fingerprint density at radius 3 is 2.50 bits per heavy atom. The fraction of sp³-hybridized carbons (Fsp3) is 1.00. The van der Waals surface area contributed by atoms with Gasteiger partial charge in [0, 0.05) is 18.8 Å². The molecule has 0 aromatic rings. The van der Waals surface area contributed by atoms with Crippen LogP contribution in [0.4, 0.5) is 0 Å². The second-order valence-electron chi connectivity index (χ2n) is 4.59. The van der Waals surface area contributed by atoms with Crippen LogP contribution >= 0.6 is 0 Å². The monoisotopic (exact) mass is 250 g/mol. The van der Waals surface area contributed by atoms with Crippen LogP contribution in [0.5, 0.6) is 0 Å². The van der Waals surface area contributed by atoms with Crippen molar-refractivity contribution >= 4 is 10.0 Å². The molecule has 96 valence electrons. The Kier molecular flexibility index (Phi) is 5.17. The summed E-state index contributed by atoms with van der Waals surface area (Å²) in [5.74, 6) is 0.167. The molecule has 1 heterocycles. The maximum absolute atomic E-state index is 11.8. The summed E-state index contributed by atoms with van der Waals surface area (Å²) in [6, 6.07) is 0. The first kappa shape index (κ1) is 13.9. The summed E-state index contributed by atoms with van der Waals surface area (Å²) in [5.41, 5.74) is 5.00. The van der Waals surface area contributed by atoms with Crippen LogP contribution in [0.15, 0.2) is 0 Å². The highest BCUT2D eigenvalue weighted by Crippen LogP contribution is 2.20. The van der Waals surface area contributed by atoms with Crippen molar-refractivity contribution in [2.24, 2.45) is 5.73 Å². The standard InChI is InChI=1S/C10H22N2O3S/c1-10(4-7-15-8-5-10)12-16(13,14)9-3-2-6-11/h12H,2-9,11H2,1H3. The molecule has 0 unspecified atom stereocenters. The molecule has 0 bridgehead atoms. The van der Waals surface area contributed by atoms with Crippen LogP contribution in [-0.2, 0) is 14.8 Å². The van der Waals surface area contributed by atoms with Crippen molar-refractivity contribution in [3.8, 4) is 0 Å². The van der Waals surface area contributed by atoms with E-state index < -0.39 is 10.0 Å². The Balaban J connectivity index is 2.44. The molecule has 1 rings (SSSR count). The van der Waals surface area contributed by atoms with Crippen LogP contribution in [0.1, 0.15) is 32.6 Å². The lowest BCUT2D eigenvalue weighted by Crippen LogP contribution is -2.50. The summed E-state index contributed by atoms with van der Waals surface area (Å²) in [7, 11) is -3.17. The Morgan fingerprint density at radius 2 is 1.94 bits per heavy atom. The molecule has 0 saturated carbocycles. The number of rotatable bonds is 6. The van der Waals surface area contributed by atoms with Crippen LogP contribution < -0.4 is 10.5 Å². The van der Waals surface area contributed by atoms with E-state index in [1.54, 1.807) is 0 Å². The van der Waals surface area contributed by atoms with Crippen LogP contribution in [0.3, 0.4) is 0 Å². The summed E-state index contributed by atoms with van der Waals surface area (Å²) in [6.45, 7) is 3.74. The second-order valence-corrected chi connectivity index (χ2v) is 6.43. The zero-order chi connectivity index (χ0) is 12.1. The first-order chi connectivity index (χ1) is 7.47. The number of unbranched alkanes of at least 4 members (excludes halogenated alkanes) is 1. The van der Waals surface area contributed by atoms with Crippen LogP contribution in [0, 0.1) is 0 Å². The SMILES string of the molecule is CC1(NS(=O)(=O)CCCCN)CCOCC1. The molecule has 0 spiro atoms. The molecule has 5 nitrogen and oxygen atoms in total. The minimum absolute atomic E-state index is 0.167. The molecule has 1 aliphatic rings. The molecule has 0 aromatic heterocycles. The van der Waals surface area contributed by atoms with E-state index in [4.69, 9.17) is 10.5 Å². The van der Waals surface area contributed by atoms with E-state index in [1.807, 2.05) is 6.92 Å². The normalized spacial score (nSPS) is 20.9. The number of nitrogens with two attached hydrogens (primary N) is 1. The van der Waals surface area contributed by atoms with Gasteiger partial charge in [-0.05, 0) is 39.2 Å². The van der Waals surface area contributed by atoms with Gasteiger partial charge < -0.3 is 10.5 Å². The average Bonchev–Trinajstić information content (AvgIpc) is 2.17. The summed E-state index contributed by atoms with van der Waals surface area (Å²) in [4.78, 5) is 0. The molecular formula is C10H22N2O3S. The molecule has 1 fully saturated rings. The molecule has 6 heteroatoms. The third kappa shape index (κ3) is 4.78. The first-order valence-electron chi connectivity index (χ1n) is 5.77. The van der Waals surface area contributed by atoms with Gasteiger partial charge in [0.15, 0.2) is 0 Å². The molecule has 0 radical (unpaired) electrons. The number of hydrogen-bond donors (Lipinski definition) is 2. The van der Waals surface area contributed by atoms with Crippen molar-refractivity contribution in [3.63, 3.8) is 0 Å². The predicted molar refractivity (Wildman–Crippen MR) is 63.7 cm³/mol. The van der Waals surface area contributed by atoms with E-state index in [0.717, 1.165) is 19.3 Å². The van der Waals surface area contributed by atoms with Crippen molar-refractivity contribution in [3.05, 3.63) is 0 Å². The quantitative estimate of drug-likeness (QED) is 0.660. The highest BCUT2D eigenvalue weighted by Gasteiger charge is 2.31. The molecule has 1 saturated heterocycles. The van der Waals surface area contributed by atoms with Crippen molar-refractivity contribution in [2.75, 3.05) is 25.5 Å². The lowest BCUT2D eigenvalue weighted by atomic mass is 9.94. The van der Waals surface area contributed by atoms with Crippen molar-refractivity contribution < 1.29 is 13.2 Å². The molecule has 0 atom stereocenters. The third-order valence-corrected chi connectivity index (χ3v) is 4.50. The predicted octanol–water partition coefficient (Wildman–Crippen LogP) is 0.214. The van der Waals surface area contributed by atoms with E-state index in [0.29, 0.717) is 26.2 Å². The zero-order valence-corrected chi connectivity index (χ0v) is 10.7. The van der Waals surface area contributed by atoms with Crippen molar-refractivity contribution in [1.82, 2.24) is 4.72 Å². The van der Waals surface area contributed by atoms with Crippen molar-refractivity contribution in [2.45, 2.75) is 38.1 Å². The smallest absolute Gasteiger partial charge is 0.212 e. The Bertz CT molecular complexity index is 297. The van der Waals surface area contributed by atoms with Crippen LogP contribution in [0.25, 0.3) is 0 Å². The highest BCUT2D eigenvalue weighted by atomic mass is 32.2. The summed E-state index contributed by atoms with van der Waals surface area (Å²) >= 11 is 0. The Hall–Kier alpha value is -0.170. The fourth-order valence-electron chi connectivity index (χ4n) is 1.79. The summed E-state index contributed by atoms with van der Waals surface area (Å²) < 4.78 is 31.6. The maximum Gasteiger partial charge on any atom is 0.212 e. The number of sulfonamides is 1. The van der Waals surface area contributed by atoms with Gasteiger partial charge in [0.1, 0.15) is 0 Å². The van der Waals surface area contributed by atoms with Gasteiger partial charge >= 0.3 is 0 Å². The lowest BCUT2D eigenvalue weighted by molar-refractivity contribution is 0.0537. The second kappa shape index (κ2) is 5.95. The average molecular weight is 250 g/mol. The summed E-state index contributed by atoms with van der Waals surface area (Å²) in [5, 5.41) is 0. The van der Waals surface area contributed by atoms with Gasteiger partial charge in [-0.2, -0.15) is 0 Å². The largest absolute Gasteiger partial charge is 0.381 e. The topological polar surface area (TPSA) is 81.4 Å². The van der Waals surface area contributed by atoms with E-state index in [9.17, 15) is 8.42 Å². The van der Waals surface area contributed by atoms with Crippen LogP contribution in [0.2, 0.25) is 0 Å². The minimum atomic E-state index is -3.17. The molecule has 16 heavy (non-hydrogen) atoms. The van der Waals surface area contributed by atoms with Gasteiger partial charge in [-0.1, -0.05) is 0 Å². The van der Waals surface area contributed by atoms with E-state index >= 15 is 0 Å². The zero-order valence-electron chi connectivity index (χ0n) is 9.87. The summed E-state index contributed by atoms with van der Waals surface area (Å²) in [6.07, 6.45) is 2.85. The molecule has 3 N–H and O–H groups in total. The number of ether oxygens (including phenoxy) is 1. The number of hydrogen-bond acceptors (Lipinski definition) is 4. The van der Waals surface area contributed by atoms with E-state index in [1.165, 1.54) is 0 Å². The van der Waals surface area contributed by atoms with Gasteiger partial charge in [0.25, 0.3) is 0 Å². The molecule has 0 amide bonds. The van der Waals surface area contributed by atoms with Gasteiger partial charge in [0.2, 0.25) is 10.0 Å². The fourth-order valence-corrected chi connectivity index (χ4v) is 3.43. The van der Waals surface area contributed by atoms with Gasteiger partial charge in [-0.3, -0.25) is 0 Å². The third-order valence-electron chi connectivity index (χ3n) is 2.87. The van der Waals surface area contributed by atoms with Crippen LogP contribution in [-0.4, -0.2) is 39.5 Å². The molecule has 0 aliphatic carbocycles. The molecule has 0 aromatic carbocycles. The Labute approximate surface area is 97.8 Å². The lowest BCUT2D eigenvalue weighted by Gasteiger charge is -2.34. The van der Waals surface area contributed by atoms with Crippen molar-refractivity contribution in [1.29, 1.82) is 0 Å². The number of nitrogens with one attached hydrogen (secondary N) is 1. The Morgan fingerprint density at radius 1 is 1.31 bits per heavy atom. The van der Waals surface area contributed by atoms with Gasteiger partial charge in [-0.25, -0.2) is 13.1 Å². The van der Waals surface area contributed by atoms with Gasteiger partial charge in [0.05, 0.1) is 5.75 Å². The van der Waals surface area contributed by atoms with E-state index in [2.05, 4.69) is 4.72 Å². The minimum Gasteiger partial charge on any atom is -0.381 e. The van der Waals surface area contributed by atoms with Gasteiger partial charge in [-0.15, -0.1) is 0 Å². The first-order valence-corrected chi connectivity index (χ1v) is 7.42. The molecule has 1 aliphatic heterocycles. The van der Waals surface area contributed by atoms with E-state index in [-0.39, 0.29) is 11.3 Å². The maximum atomic E-state index is 11.8. The highest BCUT2D eigenvalue weighted by molar-refractivity contribution is 7.89. The molecular weight excluding hydrogens is 228 g/mol.